The van der Waals surface area contributed by atoms with Gasteiger partial charge in [0.25, 0.3) is 0 Å². The van der Waals surface area contributed by atoms with Gasteiger partial charge in [-0.2, -0.15) is 0 Å². The number of amides is 3. The summed E-state index contributed by atoms with van der Waals surface area (Å²) in [7, 11) is 0. The van der Waals surface area contributed by atoms with Gasteiger partial charge in [0.1, 0.15) is 6.04 Å². The van der Waals surface area contributed by atoms with E-state index in [9.17, 15) is 14.4 Å². The second-order valence-electron chi connectivity index (χ2n) is 11.7. The minimum absolute atomic E-state index is 0. The normalized spacial score (nSPS) is 12.1. The number of nitrogens with one attached hydrogen (secondary N) is 3. The molecule has 0 unspecified atom stereocenters. The highest BCUT2D eigenvalue weighted by Gasteiger charge is 2.18. The van der Waals surface area contributed by atoms with Gasteiger partial charge in [-0.3, -0.25) is 39.1 Å². The van der Waals surface area contributed by atoms with E-state index in [1.807, 2.05) is 78.9 Å². The van der Waals surface area contributed by atoms with E-state index in [2.05, 4.69) is 40.7 Å². The number of nitrogens with two attached hydrogens (primary N) is 1. The number of anilines is 1. The highest BCUT2D eigenvalue weighted by molar-refractivity contribution is 5.92. The van der Waals surface area contributed by atoms with E-state index < -0.39 is 12.1 Å². The lowest BCUT2D eigenvalue weighted by atomic mass is 10.1. The molecule has 3 aromatic heterocycles. The number of benzene rings is 1. The van der Waals surface area contributed by atoms with E-state index in [0.717, 1.165) is 22.6 Å². The first-order valence-electron chi connectivity index (χ1n) is 16.1. The number of pyridine rings is 3. The Labute approximate surface area is 294 Å². The van der Waals surface area contributed by atoms with Crippen molar-refractivity contribution in [3.05, 3.63) is 120 Å². The summed E-state index contributed by atoms with van der Waals surface area (Å²) in [4.78, 5) is 55.2. The van der Waals surface area contributed by atoms with Crippen molar-refractivity contribution in [3.63, 3.8) is 0 Å². The van der Waals surface area contributed by atoms with Crippen LogP contribution in [0.3, 0.4) is 0 Å². The third-order valence-electron chi connectivity index (χ3n) is 7.55. The molecule has 49 heavy (non-hydrogen) atoms. The minimum Gasteiger partial charge on any atom is -0.354 e. The summed E-state index contributed by atoms with van der Waals surface area (Å²) in [5, 5.41) is 8.42. The Hall–Kier alpha value is -4.75. The van der Waals surface area contributed by atoms with Crippen LogP contribution in [0.25, 0.3) is 0 Å². The molecular formula is C36H46ClN9O3. The van der Waals surface area contributed by atoms with Gasteiger partial charge < -0.3 is 21.7 Å². The fraction of sp³-hybridized carbons (Fsp3) is 0.333. The quantitative estimate of drug-likeness (QED) is 0.123. The zero-order valence-electron chi connectivity index (χ0n) is 28.0. The Bertz CT molecular complexity index is 1520. The van der Waals surface area contributed by atoms with Crippen LogP contribution in [0.1, 0.15) is 36.5 Å². The average molecular weight is 688 g/mol. The average Bonchev–Trinajstić information content (AvgIpc) is 3.09. The Kier molecular flexibility index (Phi) is 16.3. The number of carbonyl (C=O) groups excluding carboxylic acids is 3. The van der Waals surface area contributed by atoms with Crippen molar-refractivity contribution >= 4 is 35.8 Å². The number of nitrogens with zero attached hydrogens (tertiary/aromatic N) is 5. The van der Waals surface area contributed by atoms with E-state index in [-0.39, 0.29) is 36.7 Å². The van der Waals surface area contributed by atoms with Crippen molar-refractivity contribution in [2.45, 2.75) is 52.0 Å². The van der Waals surface area contributed by atoms with Crippen LogP contribution in [0.5, 0.6) is 0 Å². The molecule has 3 amide bonds. The number of aromatic nitrogens is 3. The topological polar surface area (TPSA) is 158 Å². The third kappa shape index (κ3) is 14.1. The smallest absolute Gasteiger partial charge is 0.242 e. The fourth-order valence-corrected chi connectivity index (χ4v) is 4.92. The highest BCUT2D eigenvalue weighted by atomic mass is 35.5. The lowest BCUT2D eigenvalue weighted by Crippen LogP contribution is -2.49. The molecule has 5 N–H and O–H groups in total. The molecular weight excluding hydrogens is 642 g/mol. The maximum absolute atomic E-state index is 13.3. The Morgan fingerprint density at radius 1 is 0.714 bits per heavy atom. The molecule has 0 aliphatic heterocycles. The van der Waals surface area contributed by atoms with Crippen LogP contribution in [-0.2, 0) is 40.4 Å². The Morgan fingerprint density at radius 2 is 1.22 bits per heavy atom. The van der Waals surface area contributed by atoms with E-state index in [4.69, 9.17) is 5.73 Å². The largest absolute Gasteiger partial charge is 0.354 e. The van der Waals surface area contributed by atoms with Crippen molar-refractivity contribution in [3.8, 4) is 0 Å². The minimum atomic E-state index is -0.682. The van der Waals surface area contributed by atoms with Crippen LogP contribution in [-0.4, -0.2) is 80.7 Å². The van der Waals surface area contributed by atoms with Crippen molar-refractivity contribution in [2.75, 3.05) is 31.5 Å². The number of hydrogen-bond acceptors (Lipinski definition) is 9. The molecule has 3 heterocycles. The molecule has 260 valence electrons. The summed E-state index contributed by atoms with van der Waals surface area (Å²) in [6, 6.07) is 23.8. The van der Waals surface area contributed by atoms with Gasteiger partial charge in [0.15, 0.2) is 0 Å². The molecule has 0 bridgehead atoms. The van der Waals surface area contributed by atoms with Gasteiger partial charge >= 0.3 is 0 Å². The molecule has 0 saturated carbocycles. The van der Waals surface area contributed by atoms with E-state index in [1.165, 1.54) is 0 Å². The fourth-order valence-electron chi connectivity index (χ4n) is 4.92. The van der Waals surface area contributed by atoms with Crippen LogP contribution in [0.4, 0.5) is 5.69 Å². The molecule has 0 aliphatic rings. The molecule has 12 nitrogen and oxygen atoms in total. The zero-order valence-corrected chi connectivity index (χ0v) is 28.8. The maximum atomic E-state index is 13.3. The number of halogens is 1. The third-order valence-corrected chi connectivity index (χ3v) is 7.55. The molecule has 2 atom stereocenters. The van der Waals surface area contributed by atoms with Gasteiger partial charge in [0.05, 0.1) is 29.7 Å². The van der Waals surface area contributed by atoms with Crippen LogP contribution >= 0.6 is 12.4 Å². The van der Waals surface area contributed by atoms with Crippen molar-refractivity contribution in [1.82, 2.24) is 35.4 Å². The van der Waals surface area contributed by atoms with Crippen molar-refractivity contribution in [2.24, 2.45) is 5.73 Å². The van der Waals surface area contributed by atoms with Crippen molar-refractivity contribution in [1.29, 1.82) is 0 Å². The molecule has 0 fully saturated rings. The summed E-state index contributed by atoms with van der Waals surface area (Å²) < 4.78 is 0. The molecule has 1 aromatic carbocycles. The number of carbonyl (C=O) groups is 3. The number of hydrogen-bond donors (Lipinski definition) is 4. The first-order valence-corrected chi connectivity index (χ1v) is 16.1. The zero-order chi connectivity index (χ0) is 34.1. The van der Waals surface area contributed by atoms with Gasteiger partial charge in [0, 0.05) is 63.5 Å². The lowest BCUT2D eigenvalue weighted by Gasteiger charge is -2.27. The summed E-state index contributed by atoms with van der Waals surface area (Å²) >= 11 is 0. The molecule has 4 rings (SSSR count). The molecule has 0 spiro atoms. The van der Waals surface area contributed by atoms with Gasteiger partial charge in [-0.15, -0.1) is 12.4 Å². The van der Waals surface area contributed by atoms with E-state index >= 15 is 0 Å². The van der Waals surface area contributed by atoms with Gasteiger partial charge in [-0.1, -0.05) is 30.3 Å². The molecule has 13 heteroatoms. The summed E-state index contributed by atoms with van der Waals surface area (Å²) in [6.45, 7) is 6.91. The monoisotopic (exact) mass is 687 g/mol. The maximum Gasteiger partial charge on any atom is 0.242 e. The molecule has 4 aromatic rings. The van der Waals surface area contributed by atoms with Gasteiger partial charge in [-0.05, 0) is 74.4 Å². The highest BCUT2D eigenvalue weighted by Crippen LogP contribution is 2.12. The summed E-state index contributed by atoms with van der Waals surface area (Å²) in [6.07, 6.45) is 5.95. The van der Waals surface area contributed by atoms with E-state index in [1.54, 1.807) is 32.4 Å². The van der Waals surface area contributed by atoms with Crippen molar-refractivity contribution < 1.29 is 14.4 Å². The van der Waals surface area contributed by atoms with Gasteiger partial charge in [0.2, 0.25) is 17.7 Å². The van der Waals surface area contributed by atoms with Crippen LogP contribution in [0, 0.1) is 0 Å². The van der Waals surface area contributed by atoms with E-state index in [0.29, 0.717) is 51.4 Å². The standard InChI is InChI=1S/C36H45N9O3.ClH/c1-27(37)35(47)42-28(2)36(48)41-20-16-29-12-14-30(15-13-29)43-34(46)26-45(25-33-11-5-8-19-40-33)22-21-44(23-31-9-3-6-17-38-31)24-32-10-4-7-18-39-32;/h3-15,17-19,27-28H,16,20-26,37H2,1-2H3,(H,41,48)(H,42,47)(H,43,46);1H/t27-,28-;/m1./s1. The predicted molar refractivity (Wildman–Crippen MR) is 192 cm³/mol. The molecule has 0 aliphatic carbocycles. The first-order chi connectivity index (χ1) is 23.2. The summed E-state index contributed by atoms with van der Waals surface area (Å²) in [5.74, 6) is -0.784. The lowest BCUT2D eigenvalue weighted by molar-refractivity contribution is -0.129. The predicted octanol–water partition coefficient (Wildman–Crippen LogP) is 2.95. The number of rotatable bonds is 18. The summed E-state index contributed by atoms with van der Waals surface area (Å²) in [5.41, 5.74) is 10.0. The van der Waals surface area contributed by atoms with Crippen LogP contribution in [0.2, 0.25) is 0 Å². The first kappa shape index (κ1) is 38.7. The Balaban J connectivity index is 0.00000650. The Morgan fingerprint density at radius 3 is 1.71 bits per heavy atom. The van der Waals surface area contributed by atoms with Crippen LogP contribution < -0.4 is 21.7 Å². The van der Waals surface area contributed by atoms with Crippen LogP contribution in [0.15, 0.2) is 97.5 Å². The molecule has 0 radical (unpaired) electrons. The molecule has 0 saturated heterocycles. The second-order valence-corrected chi connectivity index (χ2v) is 11.7. The SMILES string of the molecule is C[C@@H](N)C(=O)N[C@H](C)C(=O)NCCc1ccc(NC(=O)CN(CCN(Cc2ccccn2)Cc2ccccn2)Cc2ccccn2)cc1.Cl. The second kappa shape index (κ2) is 20.6. The van der Waals surface area contributed by atoms with Gasteiger partial charge in [-0.25, -0.2) is 0 Å².